The summed E-state index contributed by atoms with van der Waals surface area (Å²) >= 11 is 2.06. The molecule has 0 radical (unpaired) electrons. The van der Waals surface area contributed by atoms with E-state index >= 15 is 0 Å². The van der Waals surface area contributed by atoms with Crippen molar-refractivity contribution in [3.8, 4) is 0 Å². The highest BCUT2D eigenvalue weighted by Crippen LogP contribution is 2.55. The number of hydrogen-bond acceptors (Lipinski definition) is 6. The molecule has 14 heteroatoms. The summed E-state index contributed by atoms with van der Waals surface area (Å²) in [6, 6.07) is 0. The lowest BCUT2D eigenvalue weighted by Crippen LogP contribution is -2.69. The van der Waals surface area contributed by atoms with Crippen LogP contribution in [0.1, 0.15) is 0 Å². The Balaban J connectivity index is 0.000000158. The molecule has 0 aromatic carbocycles. The number of thioether (sulfide) groups is 2. The molecule has 2 spiro atoms. The predicted octanol–water partition coefficient (Wildman–Crippen LogP) is 1.66. The van der Waals surface area contributed by atoms with Crippen LogP contribution in [0.25, 0.3) is 0 Å². The van der Waals surface area contributed by atoms with Crippen LogP contribution in [-0.2, 0) is 9.59 Å². The van der Waals surface area contributed by atoms with Gasteiger partial charge in [-0.05, 0) is 0 Å². The Morgan fingerprint density at radius 2 is 1.04 bits per heavy atom. The number of carbonyl (C=O) groups is 2. The number of aliphatic carboxylic acids is 2. The first kappa shape index (κ1) is 23.4. The molecular formula is C14H18F6N2O4S2. The molecule has 6 nitrogen and oxygen atoms in total. The summed E-state index contributed by atoms with van der Waals surface area (Å²) in [6.45, 7) is 2.18. The number of carboxylic acids is 2. The highest BCUT2D eigenvalue weighted by atomic mass is 32.2. The maximum absolute atomic E-state index is 12.2. The van der Waals surface area contributed by atoms with E-state index in [0.29, 0.717) is 37.7 Å². The first-order valence-electron chi connectivity index (χ1n) is 7.98. The van der Waals surface area contributed by atoms with E-state index in [4.69, 9.17) is 19.8 Å². The first-order valence-corrected chi connectivity index (χ1v) is 10.1. The molecule has 0 aromatic heterocycles. The lowest BCUT2D eigenvalue weighted by atomic mass is 9.78. The van der Waals surface area contributed by atoms with Crippen LogP contribution in [0.4, 0.5) is 26.3 Å². The van der Waals surface area contributed by atoms with Gasteiger partial charge in [0.15, 0.2) is 0 Å². The van der Waals surface area contributed by atoms with Crippen molar-refractivity contribution in [3.05, 3.63) is 0 Å². The fraction of sp³-hybridized carbons (Fsp3) is 0.857. The molecule has 4 aliphatic rings. The second-order valence-electron chi connectivity index (χ2n) is 7.01. The van der Waals surface area contributed by atoms with Crippen LogP contribution in [-0.4, -0.2) is 82.7 Å². The van der Waals surface area contributed by atoms with Crippen LogP contribution in [0.15, 0.2) is 0 Å². The summed E-state index contributed by atoms with van der Waals surface area (Å²) in [5.41, 5.74) is -0.855. The zero-order chi connectivity index (χ0) is 21.4. The molecule has 4 rings (SSSR count). The molecule has 4 fully saturated rings. The highest BCUT2D eigenvalue weighted by Gasteiger charge is 2.63. The Labute approximate surface area is 164 Å². The third-order valence-electron chi connectivity index (χ3n) is 4.87. The molecule has 2 unspecified atom stereocenters. The van der Waals surface area contributed by atoms with Crippen molar-refractivity contribution in [1.29, 1.82) is 0 Å². The summed E-state index contributed by atoms with van der Waals surface area (Å²) in [5, 5.41) is 18.4. The second-order valence-corrected chi connectivity index (χ2v) is 9.19. The number of carboxylic acid groups (broad SMARTS) is 2. The van der Waals surface area contributed by atoms with E-state index in [1.165, 1.54) is 0 Å². The second kappa shape index (κ2) is 8.11. The molecule has 2 atom stereocenters. The van der Waals surface area contributed by atoms with Gasteiger partial charge in [-0.1, -0.05) is 0 Å². The quantitative estimate of drug-likeness (QED) is 0.323. The zero-order valence-corrected chi connectivity index (χ0v) is 15.8. The van der Waals surface area contributed by atoms with Gasteiger partial charge in [0.2, 0.25) is 0 Å². The molecule has 4 heterocycles. The normalized spacial score (nSPS) is 28.8. The van der Waals surface area contributed by atoms with Crippen molar-refractivity contribution in [1.82, 2.24) is 10.6 Å². The molecule has 162 valence electrons. The Hall–Kier alpha value is -0.860. The molecule has 4 saturated heterocycles. The number of rotatable bonds is 0. The van der Waals surface area contributed by atoms with Crippen LogP contribution < -0.4 is 10.6 Å². The maximum atomic E-state index is 12.2. The Bertz CT molecular complexity index is 545. The molecule has 28 heavy (non-hydrogen) atoms. The molecule has 0 amide bonds. The molecule has 0 saturated carbocycles. The summed E-state index contributed by atoms with van der Waals surface area (Å²) < 4.78 is 73.0. The van der Waals surface area contributed by atoms with E-state index in [1.807, 2.05) is 0 Å². The monoisotopic (exact) mass is 456 g/mol. The van der Waals surface area contributed by atoms with E-state index in [1.54, 1.807) is 0 Å². The summed E-state index contributed by atoms with van der Waals surface area (Å²) in [4.78, 5) is 18.2. The Kier molecular flexibility index (Phi) is 6.78. The lowest BCUT2D eigenvalue weighted by molar-refractivity contribution is -0.160. The fourth-order valence-electron chi connectivity index (χ4n) is 3.16. The van der Waals surface area contributed by atoms with E-state index in [2.05, 4.69) is 10.6 Å². The van der Waals surface area contributed by atoms with Crippen LogP contribution >= 0.6 is 23.5 Å². The van der Waals surface area contributed by atoms with Gasteiger partial charge in [0, 0.05) is 48.5 Å². The number of alkyl halides is 6. The molecule has 4 N–H and O–H groups in total. The van der Waals surface area contributed by atoms with E-state index in [0.717, 1.165) is 23.5 Å². The zero-order valence-electron chi connectivity index (χ0n) is 14.2. The van der Waals surface area contributed by atoms with Crippen LogP contribution in [0, 0.1) is 10.8 Å². The number of nitrogens with one attached hydrogen (secondary N) is 2. The maximum Gasteiger partial charge on any atom is 0.414 e. The van der Waals surface area contributed by atoms with Crippen molar-refractivity contribution < 1.29 is 46.1 Å². The molecular weight excluding hydrogens is 438 g/mol. The fourth-order valence-corrected chi connectivity index (χ4v) is 5.88. The minimum absolute atomic E-state index is 0.428. The van der Waals surface area contributed by atoms with Crippen molar-refractivity contribution in [2.45, 2.75) is 22.9 Å². The van der Waals surface area contributed by atoms with Gasteiger partial charge in [0.1, 0.15) is 10.5 Å². The van der Waals surface area contributed by atoms with E-state index in [-0.39, 0.29) is 0 Å². The van der Waals surface area contributed by atoms with Gasteiger partial charge in [-0.15, -0.1) is 23.5 Å². The van der Waals surface area contributed by atoms with Gasteiger partial charge in [-0.25, -0.2) is 9.59 Å². The van der Waals surface area contributed by atoms with Crippen molar-refractivity contribution in [3.63, 3.8) is 0 Å². The van der Waals surface area contributed by atoms with Gasteiger partial charge < -0.3 is 20.8 Å². The molecule has 0 aliphatic carbocycles. The smallest absolute Gasteiger partial charge is 0.414 e. The van der Waals surface area contributed by atoms with Crippen molar-refractivity contribution in [2.75, 3.05) is 37.7 Å². The Morgan fingerprint density at radius 3 is 1.07 bits per heavy atom. The van der Waals surface area contributed by atoms with Gasteiger partial charge >= 0.3 is 24.3 Å². The average molecular weight is 456 g/mol. The van der Waals surface area contributed by atoms with Gasteiger partial charge in [-0.3, -0.25) is 0 Å². The lowest BCUT2D eigenvalue weighted by Gasteiger charge is -2.55. The summed E-state index contributed by atoms with van der Waals surface area (Å²) in [7, 11) is 0. The van der Waals surface area contributed by atoms with Crippen LogP contribution in [0.2, 0.25) is 0 Å². The predicted molar refractivity (Wildman–Crippen MR) is 90.5 cm³/mol. The average Bonchev–Trinajstić information content (AvgIpc) is 2.28. The standard InChI is InChI=1S/2C6H8F3NS.C2H2O4/c2*7-6(8,9)4-5(3-11-4)1-10-2-5;3-1(4)2(5)6/h2*4,10H,1-3H2;(H,3,4)(H,5,6). The minimum atomic E-state index is -4.00. The highest BCUT2D eigenvalue weighted by molar-refractivity contribution is 8.01. The number of halogens is 6. The van der Waals surface area contributed by atoms with E-state index < -0.39 is 45.6 Å². The third kappa shape index (κ3) is 4.82. The molecule has 4 aliphatic heterocycles. The first-order chi connectivity index (χ1) is 12.7. The summed E-state index contributed by atoms with van der Waals surface area (Å²) in [5.74, 6) is -2.31. The van der Waals surface area contributed by atoms with Crippen LogP contribution in [0.3, 0.4) is 0 Å². The van der Waals surface area contributed by atoms with Crippen LogP contribution in [0.5, 0.6) is 0 Å². The van der Waals surface area contributed by atoms with Crippen molar-refractivity contribution in [2.24, 2.45) is 10.8 Å². The largest absolute Gasteiger partial charge is 0.473 e. The summed E-state index contributed by atoms with van der Waals surface area (Å²) in [6.07, 6.45) is -7.99. The van der Waals surface area contributed by atoms with Crippen molar-refractivity contribution >= 4 is 35.5 Å². The molecule has 0 bridgehead atoms. The SMILES string of the molecule is FC(F)(F)C1SCC12CNC2.FC(F)(F)C1SCC12CNC2.O=C(O)C(=O)O. The van der Waals surface area contributed by atoms with Gasteiger partial charge in [0.25, 0.3) is 0 Å². The topological polar surface area (TPSA) is 98.7 Å². The Morgan fingerprint density at radius 1 is 0.750 bits per heavy atom. The minimum Gasteiger partial charge on any atom is -0.473 e. The number of hydrogen-bond donors (Lipinski definition) is 4. The van der Waals surface area contributed by atoms with Gasteiger partial charge in [0.05, 0.1) is 0 Å². The molecule has 0 aromatic rings. The third-order valence-corrected chi connectivity index (χ3v) is 8.56. The van der Waals surface area contributed by atoms with Gasteiger partial charge in [-0.2, -0.15) is 26.3 Å². The van der Waals surface area contributed by atoms with E-state index in [9.17, 15) is 26.3 Å².